The van der Waals surface area contributed by atoms with Crippen molar-refractivity contribution in [2.75, 3.05) is 0 Å². The van der Waals surface area contributed by atoms with Gasteiger partial charge in [-0.05, 0) is 45.8 Å². The van der Waals surface area contributed by atoms with Crippen molar-refractivity contribution in [2.45, 2.75) is 57.7 Å². The first kappa shape index (κ1) is 10.9. The molecule has 1 rings (SSSR count). The Labute approximate surface area is 79.0 Å². The van der Waals surface area contributed by atoms with Gasteiger partial charge in [0, 0.05) is 11.1 Å². The quantitative estimate of drug-likeness (QED) is 0.498. The van der Waals surface area contributed by atoms with E-state index in [0.29, 0.717) is 12.8 Å². The summed E-state index contributed by atoms with van der Waals surface area (Å²) in [6.07, 6.45) is 0.786. The van der Waals surface area contributed by atoms with Crippen LogP contribution in [0.3, 0.4) is 0 Å². The predicted octanol–water partition coefficient (Wildman–Crippen LogP) is 1.28. The first-order valence-electron chi connectivity index (χ1n) is 4.58. The summed E-state index contributed by atoms with van der Waals surface area (Å²) < 4.78 is 0. The van der Waals surface area contributed by atoms with Crippen LogP contribution < -0.4 is 0 Å². The molecule has 4 heteroatoms. The molecule has 0 atom stereocenters. The monoisotopic (exact) mass is 188 g/mol. The molecule has 1 N–H and O–H groups in total. The van der Waals surface area contributed by atoms with Crippen molar-refractivity contribution in [2.24, 2.45) is 0 Å². The van der Waals surface area contributed by atoms with Crippen molar-refractivity contribution in [1.29, 1.82) is 0 Å². The Morgan fingerprint density at radius 3 is 1.92 bits per heavy atom. The molecule has 0 aromatic carbocycles. The average Bonchev–Trinajstić information content (AvgIpc) is 1.79. The second kappa shape index (κ2) is 3.20. The van der Waals surface area contributed by atoms with E-state index in [9.17, 15) is 10.4 Å². The maximum absolute atomic E-state index is 10.6. The van der Waals surface area contributed by atoms with Crippen LogP contribution in [0.5, 0.6) is 0 Å². The molecule has 0 unspecified atom stereocenters. The second-order valence-electron chi connectivity index (χ2n) is 5.06. The molecule has 1 aliphatic heterocycles. The summed E-state index contributed by atoms with van der Waals surface area (Å²) in [4.78, 5) is 4.14. The summed E-state index contributed by atoms with van der Waals surface area (Å²) in [6.45, 7) is 7.59. The topological polar surface area (TPSA) is 52.6 Å². The smallest absolute Gasteiger partial charge is 0.0576 e. The maximum Gasteiger partial charge on any atom is 0.0576 e. The molecule has 0 aromatic heterocycles. The minimum absolute atomic E-state index is 0.351. The van der Waals surface area contributed by atoms with Crippen molar-refractivity contribution in [3.05, 3.63) is 0 Å². The molecular formula is C9H18NO3. The van der Waals surface area contributed by atoms with Crippen molar-refractivity contribution < 1.29 is 15.4 Å². The minimum Gasteiger partial charge on any atom is -0.393 e. The predicted molar refractivity (Wildman–Crippen MR) is 47.0 cm³/mol. The highest BCUT2D eigenvalue weighted by Crippen LogP contribution is 2.38. The molecule has 1 fully saturated rings. The van der Waals surface area contributed by atoms with E-state index in [0.717, 1.165) is 0 Å². The Hall–Kier alpha value is -0.160. The first-order chi connectivity index (χ1) is 5.79. The van der Waals surface area contributed by atoms with Crippen LogP contribution in [0.15, 0.2) is 0 Å². The molecule has 0 aliphatic carbocycles. The number of hydroxylamine groups is 2. The van der Waals surface area contributed by atoms with Crippen LogP contribution in [-0.2, 0) is 10.2 Å². The molecular weight excluding hydrogens is 170 g/mol. The molecule has 1 saturated heterocycles. The van der Waals surface area contributed by atoms with Crippen molar-refractivity contribution >= 4 is 0 Å². The van der Waals surface area contributed by atoms with Crippen LogP contribution in [0.4, 0.5) is 0 Å². The Bertz CT molecular complexity index is 173. The number of rotatable bonds is 1. The van der Waals surface area contributed by atoms with Gasteiger partial charge in [-0.2, -0.15) is 0 Å². The molecule has 13 heavy (non-hydrogen) atoms. The number of hydrogen-bond donors (Lipinski definition) is 1. The molecule has 0 aromatic rings. The highest BCUT2D eigenvalue weighted by Gasteiger charge is 2.46. The standard InChI is InChI=1S/C9H18NO3/c1-8(2)5-7(11)6-9(3,4)10(8)13-12/h7,11H,5-6H2,1-4H3. The lowest BCUT2D eigenvalue weighted by Gasteiger charge is -2.50. The maximum atomic E-state index is 10.6. The Kier molecular flexibility index (Phi) is 2.69. The summed E-state index contributed by atoms with van der Waals surface area (Å²) in [5.74, 6) is 0. The van der Waals surface area contributed by atoms with Crippen LogP contribution in [0, 0.1) is 0 Å². The van der Waals surface area contributed by atoms with Gasteiger partial charge in [0.25, 0.3) is 0 Å². The van der Waals surface area contributed by atoms with Crippen LogP contribution in [0.25, 0.3) is 0 Å². The molecule has 4 nitrogen and oxygen atoms in total. The molecule has 1 heterocycles. The summed E-state index contributed by atoms with van der Waals surface area (Å²) >= 11 is 0. The van der Waals surface area contributed by atoms with Crippen LogP contribution in [-0.4, -0.2) is 27.4 Å². The zero-order valence-electron chi connectivity index (χ0n) is 8.70. The van der Waals surface area contributed by atoms with Gasteiger partial charge in [0.05, 0.1) is 6.10 Å². The number of hydrogen-bond acceptors (Lipinski definition) is 3. The summed E-state index contributed by atoms with van der Waals surface area (Å²) in [6, 6.07) is 0. The van der Waals surface area contributed by atoms with E-state index < -0.39 is 11.1 Å². The second-order valence-corrected chi connectivity index (χ2v) is 5.06. The normalized spacial score (nSPS) is 29.1. The third-order valence-corrected chi connectivity index (χ3v) is 2.64. The van der Waals surface area contributed by atoms with Gasteiger partial charge in [0.1, 0.15) is 0 Å². The summed E-state index contributed by atoms with van der Waals surface area (Å²) in [5, 5.41) is 21.6. The third-order valence-electron chi connectivity index (χ3n) is 2.64. The van der Waals surface area contributed by atoms with Gasteiger partial charge < -0.3 is 5.11 Å². The van der Waals surface area contributed by atoms with E-state index in [-0.39, 0.29) is 6.10 Å². The molecule has 0 spiro atoms. The largest absolute Gasteiger partial charge is 0.393 e. The molecule has 77 valence electrons. The molecule has 0 amide bonds. The Morgan fingerprint density at radius 1 is 1.23 bits per heavy atom. The molecule has 0 bridgehead atoms. The number of aliphatic hydroxyl groups is 1. The van der Waals surface area contributed by atoms with Gasteiger partial charge in [-0.1, -0.05) is 0 Å². The fourth-order valence-corrected chi connectivity index (χ4v) is 2.41. The lowest BCUT2D eigenvalue weighted by Crippen LogP contribution is -2.61. The van der Waals surface area contributed by atoms with E-state index in [1.807, 2.05) is 27.7 Å². The molecule has 0 saturated carbocycles. The van der Waals surface area contributed by atoms with Gasteiger partial charge >= 0.3 is 0 Å². The minimum atomic E-state index is -0.400. The Balaban J connectivity index is 2.88. The van der Waals surface area contributed by atoms with E-state index >= 15 is 0 Å². The molecule has 1 radical (unpaired) electrons. The SMILES string of the molecule is CC1(C)CC(O)CC(C)(C)N1O[O]. The lowest BCUT2D eigenvalue weighted by atomic mass is 9.80. The fourth-order valence-electron chi connectivity index (χ4n) is 2.41. The highest BCUT2D eigenvalue weighted by atomic mass is 17.2. The van der Waals surface area contributed by atoms with Gasteiger partial charge in [0.15, 0.2) is 0 Å². The van der Waals surface area contributed by atoms with Crippen LogP contribution >= 0.6 is 0 Å². The van der Waals surface area contributed by atoms with E-state index in [1.165, 1.54) is 5.06 Å². The van der Waals surface area contributed by atoms with Crippen LogP contribution in [0.1, 0.15) is 40.5 Å². The highest BCUT2D eigenvalue weighted by molar-refractivity contribution is 4.96. The third kappa shape index (κ3) is 2.02. The first-order valence-corrected chi connectivity index (χ1v) is 4.58. The Morgan fingerprint density at radius 2 is 1.62 bits per heavy atom. The molecule has 1 aliphatic rings. The zero-order valence-corrected chi connectivity index (χ0v) is 8.70. The van der Waals surface area contributed by atoms with Gasteiger partial charge in [-0.25, -0.2) is 0 Å². The van der Waals surface area contributed by atoms with Crippen molar-refractivity contribution in [1.82, 2.24) is 5.06 Å². The van der Waals surface area contributed by atoms with Gasteiger partial charge in [-0.15, -0.1) is 10.1 Å². The van der Waals surface area contributed by atoms with E-state index in [4.69, 9.17) is 0 Å². The number of piperidine rings is 1. The van der Waals surface area contributed by atoms with E-state index in [1.54, 1.807) is 0 Å². The van der Waals surface area contributed by atoms with Crippen molar-refractivity contribution in [3.63, 3.8) is 0 Å². The lowest BCUT2D eigenvalue weighted by molar-refractivity contribution is -0.490. The van der Waals surface area contributed by atoms with Crippen LogP contribution in [0.2, 0.25) is 0 Å². The van der Waals surface area contributed by atoms with Gasteiger partial charge in [-0.3, -0.25) is 0 Å². The van der Waals surface area contributed by atoms with E-state index in [2.05, 4.69) is 4.99 Å². The number of aliphatic hydroxyl groups excluding tert-OH is 1. The van der Waals surface area contributed by atoms with Crippen molar-refractivity contribution in [3.8, 4) is 0 Å². The fraction of sp³-hybridized carbons (Fsp3) is 1.00. The summed E-state index contributed by atoms with van der Waals surface area (Å²) in [5.41, 5.74) is -0.800. The summed E-state index contributed by atoms with van der Waals surface area (Å²) in [7, 11) is 0. The van der Waals surface area contributed by atoms with Gasteiger partial charge in [0.2, 0.25) is 0 Å². The number of nitrogens with zero attached hydrogens (tertiary/aromatic N) is 1. The average molecular weight is 188 g/mol. The zero-order chi connectivity index (χ0) is 10.3.